The average molecular weight is 348 g/mol. The summed E-state index contributed by atoms with van der Waals surface area (Å²) in [4.78, 5) is 2.28. The van der Waals surface area contributed by atoms with Gasteiger partial charge < -0.3 is 15.7 Å². The summed E-state index contributed by atoms with van der Waals surface area (Å²) in [5.41, 5.74) is 7.20. The highest BCUT2D eigenvalue weighted by atomic mass is 79.9. The van der Waals surface area contributed by atoms with E-state index in [0.29, 0.717) is 5.02 Å². The summed E-state index contributed by atoms with van der Waals surface area (Å²) >= 11 is 9.60. The molecule has 1 aromatic rings. The van der Waals surface area contributed by atoms with Gasteiger partial charge in [0, 0.05) is 28.6 Å². The van der Waals surface area contributed by atoms with Crippen molar-refractivity contribution >= 4 is 27.5 Å². The lowest BCUT2D eigenvalue weighted by atomic mass is 10.0. The molecule has 1 aliphatic heterocycles. The molecule has 1 saturated heterocycles. The number of nitrogens with two attached hydrogens (primary N) is 1. The summed E-state index contributed by atoms with van der Waals surface area (Å²) in [6.07, 6.45) is 2.66. The number of rotatable bonds is 4. The van der Waals surface area contributed by atoms with Gasteiger partial charge in [0.05, 0.1) is 6.10 Å². The van der Waals surface area contributed by atoms with Gasteiger partial charge >= 0.3 is 0 Å². The molecule has 3 nitrogen and oxygen atoms in total. The van der Waals surface area contributed by atoms with E-state index in [1.165, 1.54) is 0 Å². The van der Waals surface area contributed by atoms with Gasteiger partial charge in [0.15, 0.2) is 0 Å². The van der Waals surface area contributed by atoms with Crippen LogP contribution >= 0.6 is 27.5 Å². The van der Waals surface area contributed by atoms with Crippen molar-refractivity contribution in [3.63, 3.8) is 0 Å². The fraction of sp³-hybridized carbons (Fsp3) is 0.571. The third-order valence-corrected chi connectivity index (χ3v) is 4.42. The lowest BCUT2D eigenvalue weighted by Gasteiger charge is -2.30. The molecule has 1 aliphatic rings. The van der Waals surface area contributed by atoms with E-state index in [1.54, 1.807) is 0 Å². The zero-order valence-corrected chi connectivity index (χ0v) is 13.2. The number of β-amino-alcohol motifs (C(OH)–C–C–N with tert-alkyl or cyclic N) is 1. The van der Waals surface area contributed by atoms with Gasteiger partial charge in [-0.2, -0.15) is 0 Å². The Balaban J connectivity index is 1.88. The van der Waals surface area contributed by atoms with Crippen LogP contribution in [0.4, 0.5) is 0 Å². The fourth-order valence-electron chi connectivity index (χ4n) is 2.51. The van der Waals surface area contributed by atoms with Crippen LogP contribution in [0.2, 0.25) is 5.02 Å². The first-order valence-corrected chi connectivity index (χ1v) is 7.84. The standard InChI is InChI=1S/C14H20BrClN2O/c15-10-3-4-12(13(16)8-10)14(17)5-7-18-6-1-2-11(19)9-18/h3-4,8,11,14,19H,1-2,5-7,9,17H2. The minimum atomic E-state index is -0.179. The SMILES string of the molecule is NC(CCN1CCCC(O)C1)c1ccc(Br)cc1Cl. The van der Waals surface area contributed by atoms with Gasteiger partial charge in [0.2, 0.25) is 0 Å². The highest BCUT2D eigenvalue weighted by Gasteiger charge is 2.18. The number of aliphatic hydroxyl groups excluding tert-OH is 1. The predicted octanol–water partition coefficient (Wildman–Crippen LogP) is 2.95. The molecule has 2 atom stereocenters. The number of benzene rings is 1. The van der Waals surface area contributed by atoms with E-state index in [9.17, 15) is 5.11 Å². The van der Waals surface area contributed by atoms with Crippen LogP contribution in [0, 0.1) is 0 Å². The van der Waals surface area contributed by atoms with Gasteiger partial charge in [-0.25, -0.2) is 0 Å². The summed E-state index contributed by atoms with van der Waals surface area (Å²) in [5, 5.41) is 10.3. The second-order valence-corrected chi connectivity index (χ2v) is 6.48. The van der Waals surface area contributed by atoms with Gasteiger partial charge in [-0.15, -0.1) is 0 Å². The first-order chi connectivity index (χ1) is 9.06. The van der Waals surface area contributed by atoms with Crippen molar-refractivity contribution in [2.24, 2.45) is 5.73 Å². The average Bonchev–Trinajstić information content (AvgIpc) is 2.36. The molecule has 2 rings (SSSR count). The Hall–Kier alpha value is -0.130. The first kappa shape index (κ1) is 15.3. The van der Waals surface area contributed by atoms with Crippen molar-refractivity contribution in [3.05, 3.63) is 33.3 Å². The lowest BCUT2D eigenvalue weighted by Crippen LogP contribution is -2.39. The monoisotopic (exact) mass is 346 g/mol. The second kappa shape index (κ2) is 7.04. The Bertz CT molecular complexity index is 430. The Morgan fingerprint density at radius 3 is 3.00 bits per heavy atom. The van der Waals surface area contributed by atoms with Crippen LogP contribution < -0.4 is 5.73 Å². The molecule has 1 fully saturated rings. The number of piperidine rings is 1. The number of hydrogen-bond acceptors (Lipinski definition) is 3. The second-order valence-electron chi connectivity index (χ2n) is 5.16. The molecule has 3 N–H and O–H groups in total. The maximum absolute atomic E-state index is 9.64. The maximum Gasteiger partial charge on any atom is 0.0667 e. The molecule has 0 bridgehead atoms. The third kappa shape index (κ3) is 4.43. The zero-order valence-electron chi connectivity index (χ0n) is 10.9. The van der Waals surface area contributed by atoms with E-state index < -0.39 is 0 Å². The van der Waals surface area contributed by atoms with Crippen LogP contribution in [0.1, 0.15) is 30.9 Å². The van der Waals surface area contributed by atoms with E-state index in [2.05, 4.69) is 20.8 Å². The number of halogens is 2. The third-order valence-electron chi connectivity index (χ3n) is 3.60. The molecule has 1 aromatic carbocycles. The quantitative estimate of drug-likeness (QED) is 0.880. The van der Waals surface area contributed by atoms with E-state index in [1.807, 2.05) is 18.2 Å². The Morgan fingerprint density at radius 1 is 1.53 bits per heavy atom. The van der Waals surface area contributed by atoms with Crippen molar-refractivity contribution in [2.45, 2.75) is 31.4 Å². The van der Waals surface area contributed by atoms with Crippen molar-refractivity contribution in [2.75, 3.05) is 19.6 Å². The summed E-state index contributed by atoms with van der Waals surface area (Å²) in [7, 11) is 0. The highest BCUT2D eigenvalue weighted by molar-refractivity contribution is 9.10. The van der Waals surface area contributed by atoms with Crippen molar-refractivity contribution in [3.8, 4) is 0 Å². The summed E-state index contributed by atoms with van der Waals surface area (Å²) in [6, 6.07) is 5.76. The van der Waals surface area contributed by atoms with E-state index >= 15 is 0 Å². The van der Waals surface area contributed by atoms with Gasteiger partial charge in [-0.3, -0.25) is 0 Å². The fourth-order valence-corrected chi connectivity index (χ4v) is 3.33. The highest BCUT2D eigenvalue weighted by Crippen LogP contribution is 2.27. The topological polar surface area (TPSA) is 49.5 Å². The van der Waals surface area contributed by atoms with Gasteiger partial charge in [0.1, 0.15) is 0 Å². The van der Waals surface area contributed by atoms with Crippen LogP contribution in [0.3, 0.4) is 0 Å². The van der Waals surface area contributed by atoms with Gasteiger partial charge in [-0.05, 0) is 43.5 Å². The number of nitrogens with zero attached hydrogens (tertiary/aromatic N) is 1. The van der Waals surface area contributed by atoms with Crippen LogP contribution in [0.25, 0.3) is 0 Å². The molecule has 0 radical (unpaired) electrons. The molecule has 0 amide bonds. The molecule has 1 heterocycles. The Morgan fingerprint density at radius 2 is 2.32 bits per heavy atom. The van der Waals surface area contributed by atoms with E-state index in [4.69, 9.17) is 17.3 Å². The molecule has 0 saturated carbocycles. The van der Waals surface area contributed by atoms with Crippen LogP contribution in [0.5, 0.6) is 0 Å². The molecule has 5 heteroatoms. The molecular weight excluding hydrogens is 328 g/mol. The van der Waals surface area contributed by atoms with Crippen LogP contribution in [0.15, 0.2) is 22.7 Å². The van der Waals surface area contributed by atoms with Crippen molar-refractivity contribution in [1.82, 2.24) is 4.90 Å². The van der Waals surface area contributed by atoms with E-state index in [-0.39, 0.29) is 12.1 Å². The maximum atomic E-state index is 9.64. The largest absolute Gasteiger partial charge is 0.392 e. The lowest BCUT2D eigenvalue weighted by molar-refractivity contribution is 0.0692. The van der Waals surface area contributed by atoms with Crippen molar-refractivity contribution in [1.29, 1.82) is 0 Å². The zero-order chi connectivity index (χ0) is 13.8. The van der Waals surface area contributed by atoms with E-state index in [0.717, 1.165) is 48.9 Å². The normalized spacial score (nSPS) is 22.4. The molecule has 0 aliphatic carbocycles. The van der Waals surface area contributed by atoms with Crippen LogP contribution in [-0.2, 0) is 0 Å². The Kier molecular flexibility index (Phi) is 5.66. The molecule has 106 valence electrons. The summed E-state index contributed by atoms with van der Waals surface area (Å²) < 4.78 is 0.965. The predicted molar refractivity (Wildman–Crippen MR) is 82.4 cm³/mol. The van der Waals surface area contributed by atoms with Gasteiger partial charge in [0.25, 0.3) is 0 Å². The minimum absolute atomic E-state index is 0.0559. The number of hydrogen-bond donors (Lipinski definition) is 2. The molecule has 2 unspecified atom stereocenters. The summed E-state index contributed by atoms with van der Waals surface area (Å²) in [6.45, 7) is 2.73. The number of likely N-dealkylation sites (tertiary alicyclic amines) is 1. The first-order valence-electron chi connectivity index (χ1n) is 6.67. The number of aliphatic hydroxyl groups is 1. The minimum Gasteiger partial charge on any atom is -0.392 e. The molecule has 0 aromatic heterocycles. The van der Waals surface area contributed by atoms with Crippen LogP contribution in [-0.4, -0.2) is 35.7 Å². The van der Waals surface area contributed by atoms with Gasteiger partial charge in [-0.1, -0.05) is 33.6 Å². The Labute approximate surface area is 127 Å². The molecule has 0 spiro atoms. The van der Waals surface area contributed by atoms with Crippen molar-refractivity contribution < 1.29 is 5.11 Å². The molecule has 19 heavy (non-hydrogen) atoms. The smallest absolute Gasteiger partial charge is 0.0667 e. The molecular formula is C14H20BrClN2O. The summed E-state index contributed by atoms with van der Waals surface area (Å²) in [5.74, 6) is 0.